The number of hydrogen-bond acceptors (Lipinski definition) is 5. The molecule has 148 valence electrons. The Hall–Kier alpha value is -2.28. The van der Waals surface area contributed by atoms with E-state index < -0.39 is 11.8 Å². The Morgan fingerprint density at radius 3 is 2.52 bits per heavy atom. The lowest BCUT2D eigenvalue weighted by Gasteiger charge is -2.39. The topological polar surface area (TPSA) is 73.3 Å². The average molecular weight is 375 g/mol. The second-order valence-corrected chi connectivity index (χ2v) is 7.11. The SMILES string of the molecule is COc1ccccc1N1CCN(C(=O)C(=O)N2CCCCC2CCO)CC1. The normalized spacial score (nSPS) is 20.5. The number of para-hydroxylation sites is 2. The van der Waals surface area contributed by atoms with E-state index in [1.165, 1.54) is 0 Å². The largest absolute Gasteiger partial charge is 0.495 e. The number of aliphatic hydroxyl groups is 1. The minimum absolute atomic E-state index is 0.0185. The van der Waals surface area contributed by atoms with Crippen molar-refractivity contribution in [1.29, 1.82) is 0 Å². The van der Waals surface area contributed by atoms with E-state index in [2.05, 4.69) is 4.90 Å². The Kier molecular flexibility index (Phi) is 6.55. The molecule has 2 heterocycles. The number of carbonyl (C=O) groups is 2. The minimum atomic E-state index is -0.418. The number of ether oxygens (including phenoxy) is 1. The maximum atomic E-state index is 12.8. The van der Waals surface area contributed by atoms with E-state index in [1.807, 2.05) is 24.3 Å². The van der Waals surface area contributed by atoms with Gasteiger partial charge in [0, 0.05) is 45.4 Å². The highest BCUT2D eigenvalue weighted by Gasteiger charge is 2.34. The molecule has 1 atom stereocenters. The van der Waals surface area contributed by atoms with Crippen LogP contribution < -0.4 is 9.64 Å². The molecule has 7 heteroatoms. The first-order valence-corrected chi connectivity index (χ1v) is 9.74. The van der Waals surface area contributed by atoms with Gasteiger partial charge in [0.15, 0.2) is 0 Å². The second kappa shape index (κ2) is 9.08. The molecule has 2 amide bonds. The molecule has 7 nitrogen and oxygen atoms in total. The number of amides is 2. The third-order valence-corrected chi connectivity index (χ3v) is 5.53. The highest BCUT2D eigenvalue weighted by Crippen LogP contribution is 2.28. The van der Waals surface area contributed by atoms with E-state index >= 15 is 0 Å². The fourth-order valence-corrected chi connectivity index (χ4v) is 4.02. The van der Waals surface area contributed by atoms with Crippen LogP contribution in [0.3, 0.4) is 0 Å². The van der Waals surface area contributed by atoms with Crippen molar-refractivity contribution >= 4 is 17.5 Å². The highest BCUT2D eigenvalue weighted by atomic mass is 16.5. The van der Waals surface area contributed by atoms with Crippen molar-refractivity contribution in [2.45, 2.75) is 31.7 Å². The number of nitrogens with zero attached hydrogens (tertiary/aromatic N) is 3. The second-order valence-electron chi connectivity index (χ2n) is 7.11. The average Bonchev–Trinajstić information content (AvgIpc) is 2.73. The summed E-state index contributed by atoms with van der Waals surface area (Å²) in [6, 6.07) is 7.82. The lowest BCUT2D eigenvalue weighted by Crippen LogP contribution is -2.55. The van der Waals surface area contributed by atoms with Gasteiger partial charge in [0.25, 0.3) is 0 Å². The molecule has 1 unspecified atom stereocenters. The molecule has 0 spiro atoms. The summed E-state index contributed by atoms with van der Waals surface area (Å²) in [5.74, 6) is -0.0214. The monoisotopic (exact) mass is 375 g/mol. The number of likely N-dealkylation sites (tertiary alicyclic amines) is 1. The summed E-state index contributed by atoms with van der Waals surface area (Å²) in [7, 11) is 1.65. The van der Waals surface area contributed by atoms with E-state index in [-0.39, 0.29) is 12.6 Å². The Morgan fingerprint density at radius 1 is 1.07 bits per heavy atom. The standard InChI is InChI=1S/C20H29N3O4/c1-27-18-8-3-2-7-17(18)21-11-13-22(14-12-21)19(25)20(26)23-10-5-4-6-16(23)9-15-24/h2-3,7-8,16,24H,4-6,9-15H2,1H3. The molecule has 3 rings (SSSR count). The third kappa shape index (κ3) is 4.35. The Morgan fingerprint density at radius 2 is 1.81 bits per heavy atom. The van der Waals surface area contributed by atoms with Crippen LogP contribution in [0.2, 0.25) is 0 Å². The van der Waals surface area contributed by atoms with Gasteiger partial charge >= 0.3 is 11.8 Å². The van der Waals surface area contributed by atoms with Crippen LogP contribution in [0, 0.1) is 0 Å². The maximum Gasteiger partial charge on any atom is 0.312 e. The fraction of sp³-hybridized carbons (Fsp3) is 0.600. The number of piperidine rings is 1. The quantitative estimate of drug-likeness (QED) is 0.798. The fourth-order valence-electron chi connectivity index (χ4n) is 4.02. The van der Waals surface area contributed by atoms with Crippen LogP contribution in [-0.4, -0.2) is 79.2 Å². The van der Waals surface area contributed by atoms with Gasteiger partial charge in [-0.3, -0.25) is 9.59 Å². The number of benzene rings is 1. The first-order valence-electron chi connectivity index (χ1n) is 9.74. The lowest BCUT2D eigenvalue weighted by molar-refractivity contribution is -0.154. The van der Waals surface area contributed by atoms with Crippen molar-refractivity contribution < 1.29 is 19.4 Å². The highest BCUT2D eigenvalue weighted by molar-refractivity contribution is 6.35. The predicted molar refractivity (Wildman–Crippen MR) is 103 cm³/mol. The molecule has 0 radical (unpaired) electrons. The zero-order valence-electron chi connectivity index (χ0n) is 16.0. The van der Waals surface area contributed by atoms with Crippen molar-refractivity contribution in [3.8, 4) is 5.75 Å². The molecular weight excluding hydrogens is 346 g/mol. The summed E-state index contributed by atoms with van der Waals surface area (Å²) < 4.78 is 5.42. The summed E-state index contributed by atoms with van der Waals surface area (Å²) >= 11 is 0. The van der Waals surface area contributed by atoms with Gasteiger partial charge in [-0.2, -0.15) is 0 Å². The number of anilines is 1. The van der Waals surface area contributed by atoms with Crippen LogP contribution in [0.5, 0.6) is 5.75 Å². The van der Waals surface area contributed by atoms with E-state index in [4.69, 9.17) is 4.74 Å². The predicted octanol–water partition coefficient (Wildman–Crippen LogP) is 1.11. The number of piperazine rings is 1. The summed E-state index contributed by atoms with van der Waals surface area (Å²) in [6.45, 7) is 3.01. The van der Waals surface area contributed by atoms with Gasteiger partial charge in [-0.1, -0.05) is 12.1 Å². The molecule has 2 aliphatic rings. The van der Waals surface area contributed by atoms with E-state index in [0.29, 0.717) is 39.1 Å². The molecule has 1 N–H and O–H groups in total. The van der Waals surface area contributed by atoms with Gasteiger partial charge in [0.1, 0.15) is 5.75 Å². The van der Waals surface area contributed by atoms with Gasteiger partial charge in [0.2, 0.25) is 0 Å². The van der Waals surface area contributed by atoms with Crippen LogP contribution in [0.1, 0.15) is 25.7 Å². The molecule has 0 bridgehead atoms. The molecule has 0 aromatic heterocycles. The summed E-state index contributed by atoms with van der Waals surface area (Å²) in [4.78, 5) is 31.0. The maximum absolute atomic E-state index is 12.8. The van der Waals surface area contributed by atoms with Gasteiger partial charge in [-0.25, -0.2) is 0 Å². The molecular formula is C20H29N3O4. The number of aliphatic hydroxyl groups excluding tert-OH is 1. The van der Waals surface area contributed by atoms with E-state index in [0.717, 1.165) is 30.7 Å². The van der Waals surface area contributed by atoms with Crippen molar-refractivity contribution in [3.05, 3.63) is 24.3 Å². The Bertz CT molecular complexity index is 656. The summed E-state index contributed by atoms with van der Waals surface area (Å²) in [5, 5.41) is 9.24. The first-order chi connectivity index (χ1) is 13.2. The lowest BCUT2D eigenvalue weighted by atomic mass is 9.99. The zero-order chi connectivity index (χ0) is 19.2. The van der Waals surface area contributed by atoms with Crippen molar-refractivity contribution in [2.75, 3.05) is 51.3 Å². The van der Waals surface area contributed by atoms with Crippen LogP contribution in [-0.2, 0) is 9.59 Å². The van der Waals surface area contributed by atoms with E-state index in [9.17, 15) is 14.7 Å². The Balaban J connectivity index is 1.60. The van der Waals surface area contributed by atoms with Gasteiger partial charge in [-0.15, -0.1) is 0 Å². The van der Waals surface area contributed by atoms with Crippen molar-refractivity contribution in [2.24, 2.45) is 0 Å². The number of hydrogen-bond donors (Lipinski definition) is 1. The minimum Gasteiger partial charge on any atom is -0.495 e. The molecule has 1 aromatic rings. The van der Waals surface area contributed by atoms with Gasteiger partial charge in [0.05, 0.1) is 12.8 Å². The van der Waals surface area contributed by atoms with Crippen molar-refractivity contribution in [3.63, 3.8) is 0 Å². The molecule has 1 aromatic carbocycles. The van der Waals surface area contributed by atoms with Crippen LogP contribution in [0.15, 0.2) is 24.3 Å². The number of carbonyl (C=O) groups excluding carboxylic acids is 2. The summed E-state index contributed by atoms with van der Waals surface area (Å²) in [5.41, 5.74) is 1.01. The van der Waals surface area contributed by atoms with Crippen molar-refractivity contribution in [1.82, 2.24) is 9.80 Å². The van der Waals surface area contributed by atoms with Gasteiger partial charge in [-0.05, 0) is 37.8 Å². The molecule has 2 saturated heterocycles. The smallest absolute Gasteiger partial charge is 0.312 e. The first kappa shape index (κ1) is 19.5. The molecule has 0 saturated carbocycles. The number of rotatable bonds is 4. The molecule has 2 fully saturated rings. The molecule has 2 aliphatic heterocycles. The van der Waals surface area contributed by atoms with Crippen LogP contribution in [0.25, 0.3) is 0 Å². The third-order valence-electron chi connectivity index (χ3n) is 5.53. The van der Waals surface area contributed by atoms with Gasteiger partial charge < -0.3 is 24.5 Å². The molecule has 27 heavy (non-hydrogen) atoms. The van der Waals surface area contributed by atoms with Crippen LogP contribution in [0.4, 0.5) is 5.69 Å². The van der Waals surface area contributed by atoms with Crippen LogP contribution >= 0.6 is 0 Å². The summed E-state index contributed by atoms with van der Waals surface area (Å²) in [6.07, 6.45) is 3.37. The number of methoxy groups -OCH3 is 1. The Labute approximate surface area is 160 Å². The molecule has 0 aliphatic carbocycles. The van der Waals surface area contributed by atoms with E-state index in [1.54, 1.807) is 16.9 Å². The zero-order valence-corrected chi connectivity index (χ0v) is 16.0.